The Morgan fingerprint density at radius 3 is 1.53 bits per heavy atom. The summed E-state index contributed by atoms with van der Waals surface area (Å²) in [7, 11) is 1.16. The standard InChI is InChI=1S/C39H76NO8P/c1-6-8-10-12-14-16-18-19-20-21-22-24-26-28-30-32-39(42)48-37(36-47-49(43,44)46-34-33-40(3,4)5)35-45-38(41)31-29-27-25-23-17-15-13-11-9-7-2/h21-22,37H,6-20,23-36H2,1-5H3/b22-21+/t37-/m1/s1. The van der Waals surface area contributed by atoms with Crippen LogP contribution in [0.15, 0.2) is 12.2 Å². The van der Waals surface area contributed by atoms with Gasteiger partial charge in [0, 0.05) is 12.8 Å². The summed E-state index contributed by atoms with van der Waals surface area (Å²) in [5.41, 5.74) is 0. The van der Waals surface area contributed by atoms with Gasteiger partial charge in [-0.05, 0) is 38.5 Å². The van der Waals surface area contributed by atoms with E-state index < -0.39 is 26.5 Å². The van der Waals surface area contributed by atoms with Crippen molar-refractivity contribution >= 4 is 19.8 Å². The first kappa shape index (κ1) is 47.8. The molecule has 0 heterocycles. The highest BCUT2D eigenvalue weighted by Gasteiger charge is 2.21. The first-order valence-electron chi connectivity index (χ1n) is 19.9. The van der Waals surface area contributed by atoms with Crippen molar-refractivity contribution in [3.05, 3.63) is 12.2 Å². The first-order valence-corrected chi connectivity index (χ1v) is 21.4. The van der Waals surface area contributed by atoms with Crippen molar-refractivity contribution in [1.29, 1.82) is 0 Å². The number of nitrogens with zero attached hydrogens (tertiary/aromatic N) is 1. The summed E-state index contributed by atoms with van der Waals surface area (Å²) in [6, 6.07) is 0. The number of rotatable bonds is 36. The van der Waals surface area contributed by atoms with Gasteiger partial charge in [-0.3, -0.25) is 14.2 Å². The quantitative estimate of drug-likeness (QED) is 0.0207. The van der Waals surface area contributed by atoms with Crippen molar-refractivity contribution in [2.45, 2.75) is 180 Å². The zero-order valence-corrected chi connectivity index (χ0v) is 33.3. The van der Waals surface area contributed by atoms with E-state index in [4.69, 9.17) is 18.5 Å². The summed E-state index contributed by atoms with van der Waals surface area (Å²) >= 11 is 0. The molecule has 10 heteroatoms. The minimum Gasteiger partial charge on any atom is -0.756 e. The topological polar surface area (TPSA) is 111 Å². The maximum absolute atomic E-state index is 12.6. The molecule has 2 atom stereocenters. The molecule has 9 nitrogen and oxygen atoms in total. The van der Waals surface area contributed by atoms with Gasteiger partial charge in [-0.15, -0.1) is 0 Å². The molecule has 1 unspecified atom stereocenters. The minimum atomic E-state index is -4.61. The van der Waals surface area contributed by atoms with Crippen molar-refractivity contribution in [3.63, 3.8) is 0 Å². The van der Waals surface area contributed by atoms with E-state index in [1.165, 1.54) is 96.3 Å². The second-order valence-corrected chi connectivity index (χ2v) is 16.1. The van der Waals surface area contributed by atoms with Crippen molar-refractivity contribution in [2.75, 3.05) is 47.5 Å². The van der Waals surface area contributed by atoms with Gasteiger partial charge in [-0.25, -0.2) is 0 Å². The Morgan fingerprint density at radius 1 is 0.612 bits per heavy atom. The van der Waals surface area contributed by atoms with E-state index in [9.17, 15) is 19.0 Å². The zero-order valence-electron chi connectivity index (χ0n) is 32.4. The molecule has 0 aromatic carbocycles. The number of esters is 2. The van der Waals surface area contributed by atoms with Gasteiger partial charge in [0.15, 0.2) is 6.10 Å². The monoisotopic (exact) mass is 718 g/mol. The summed E-state index contributed by atoms with van der Waals surface area (Å²) in [4.78, 5) is 37.3. The van der Waals surface area contributed by atoms with Crippen molar-refractivity contribution < 1.29 is 42.1 Å². The lowest BCUT2D eigenvalue weighted by Crippen LogP contribution is -2.37. The molecular formula is C39H76NO8P. The van der Waals surface area contributed by atoms with Crippen LogP contribution in [0.1, 0.15) is 174 Å². The molecule has 0 spiro atoms. The van der Waals surface area contributed by atoms with Crippen LogP contribution in [0, 0.1) is 0 Å². The fraction of sp³-hybridized carbons (Fsp3) is 0.897. The van der Waals surface area contributed by atoms with E-state index >= 15 is 0 Å². The van der Waals surface area contributed by atoms with Crippen molar-refractivity contribution in [1.82, 2.24) is 0 Å². The third-order valence-electron chi connectivity index (χ3n) is 8.54. The number of hydrogen-bond acceptors (Lipinski definition) is 8. The van der Waals surface area contributed by atoms with E-state index in [2.05, 4.69) is 26.0 Å². The summed E-state index contributed by atoms with van der Waals surface area (Å²) in [6.07, 6.45) is 31.0. The maximum atomic E-state index is 12.6. The number of phosphoric acid groups is 1. The maximum Gasteiger partial charge on any atom is 0.306 e. The summed E-state index contributed by atoms with van der Waals surface area (Å²) in [5.74, 6) is -0.850. The van der Waals surface area contributed by atoms with E-state index in [0.29, 0.717) is 17.4 Å². The molecule has 290 valence electrons. The predicted molar refractivity (Wildman–Crippen MR) is 199 cm³/mol. The van der Waals surface area contributed by atoms with Crippen LogP contribution in [0.3, 0.4) is 0 Å². The summed E-state index contributed by atoms with van der Waals surface area (Å²) in [5, 5.41) is 0. The molecular weight excluding hydrogens is 641 g/mol. The fourth-order valence-electron chi connectivity index (χ4n) is 5.35. The van der Waals surface area contributed by atoms with Gasteiger partial charge in [-0.1, -0.05) is 135 Å². The number of unbranched alkanes of at least 4 members (excludes halogenated alkanes) is 20. The summed E-state index contributed by atoms with van der Waals surface area (Å²) < 4.78 is 33.7. The molecule has 0 radical (unpaired) electrons. The molecule has 0 aliphatic heterocycles. The average Bonchev–Trinajstić information content (AvgIpc) is 3.04. The summed E-state index contributed by atoms with van der Waals surface area (Å²) in [6.45, 7) is 4.19. The smallest absolute Gasteiger partial charge is 0.306 e. The molecule has 0 rings (SSSR count). The second-order valence-electron chi connectivity index (χ2n) is 14.7. The molecule has 0 amide bonds. The number of ether oxygens (including phenoxy) is 2. The van der Waals surface area contributed by atoms with Gasteiger partial charge in [0.2, 0.25) is 0 Å². The van der Waals surface area contributed by atoms with Crippen LogP contribution >= 0.6 is 7.82 Å². The van der Waals surface area contributed by atoms with Crippen LogP contribution in [0.4, 0.5) is 0 Å². The molecule has 0 aromatic heterocycles. The Hall–Kier alpha value is -1.25. The number of carbonyl (C=O) groups is 2. The van der Waals surface area contributed by atoms with Crippen LogP contribution in [0.5, 0.6) is 0 Å². The van der Waals surface area contributed by atoms with Crippen LogP contribution in [-0.2, 0) is 32.7 Å². The first-order chi connectivity index (χ1) is 23.5. The molecule has 0 saturated heterocycles. The molecule has 0 aliphatic rings. The van der Waals surface area contributed by atoms with Crippen molar-refractivity contribution in [2.24, 2.45) is 0 Å². The van der Waals surface area contributed by atoms with Crippen LogP contribution in [0.2, 0.25) is 0 Å². The Bertz CT molecular complexity index is 860. The third-order valence-corrected chi connectivity index (χ3v) is 9.50. The lowest BCUT2D eigenvalue weighted by molar-refractivity contribution is -0.870. The average molecular weight is 718 g/mol. The molecule has 0 bridgehead atoms. The van der Waals surface area contributed by atoms with Crippen molar-refractivity contribution in [3.8, 4) is 0 Å². The Morgan fingerprint density at radius 2 is 1.04 bits per heavy atom. The Kier molecular flexibility index (Phi) is 31.8. The molecule has 49 heavy (non-hydrogen) atoms. The van der Waals surface area contributed by atoms with Gasteiger partial charge in [-0.2, -0.15) is 0 Å². The predicted octanol–water partition coefficient (Wildman–Crippen LogP) is 10.00. The molecule has 0 N–H and O–H groups in total. The van der Waals surface area contributed by atoms with Gasteiger partial charge in [0.1, 0.15) is 19.8 Å². The zero-order chi connectivity index (χ0) is 36.5. The number of allylic oxidation sites excluding steroid dienone is 2. The Balaban J connectivity index is 4.42. The SMILES string of the molecule is CCCCCCCCCC/C=C/CCCCCC(=O)O[C@H](COC(=O)CCCCCCCCCCCC)COP(=O)([O-])OCC[N+](C)(C)C. The molecule has 0 aromatic rings. The van der Waals surface area contributed by atoms with Crippen LogP contribution < -0.4 is 4.89 Å². The van der Waals surface area contributed by atoms with E-state index in [1.807, 2.05) is 21.1 Å². The number of carbonyl (C=O) groups excluding carboxylic acids is 2. The second kappa shape index (κ2) is 32.6. The molecule has 0 saturated carbocycles. The van der Waals surface area contributed by atoms with E-state index in [-0.39, 0.29) is 32.0 Å². The number of hydrogen-bond donors (Lipinski definition) is 0. The number of likely N-dealkylation sites (N-methyl/N-ethyl adjacent to an activating group) is 1. The lowest BCUT2D eigenvalue weighted by atomic mass is 10.1. The highest BCUT2D eigenvalue weighted by Crippen LogP contribution is 2.38. The van der Waals surface area contributed by atoms with Gasteiger partial charge >= 0.3 is 11.9 Å². The number of quaternary nitrogens is 1. The molecule has 0 fully saturated rings. The lowest BCUT2D eigenvalue weighted by Gasteiger charge is -2.28. The third kappa shape index (κ3) is 36.3. The normalized spacial score (nSPS) is 13.8. The van der Waals surface area contributed by atoms with Crippen LogP contribution in [-0.4, -0.2) is 70.0 Å². The molecule has 0 aliphatic carbocycles. The van der Waals surface area contributed by atoms with Gasteiger partial charge in [0.25, 0.3) is 7.82 Å². The fourth-order valence-corrected chi connectivity index (χ4v) is 6.08. The Labute approximate surface area is 301 Å². The highest BCUT2D eigenvalue weighted by molar-refractivity contribution is 7.45. The largest absolute Gasteiger partial charge is 0.756 e. The van der Waals surface area contributed by atoms with Gasteiger partial charge in [0.05, 0.1) is 27.7 Å². The van der Waals surface area contributed by atoms with Gasteiger partial charge < -0.3 is 27.9 Å². The minimum absolute atomic E-state index is 0.0308. The van der Waals surface area contributed by atoms with E-state index in [1.54, 1.807) is 0 Å². The van der Waals surface area contributed by atoms with E-state index in [0.717, 1.165) is 44.9 Å². The van der Waals surface area contributed by atoms with Crippen LogP contribution in [0.25, 0.3) is 0 Å². The highest BCUT2D eigenvalue weighted by atomic mass is 31.2. The number of phosphoric ester groups is 1.